The van der Waals surface area contributed by atoms with Crippen molar-refractivity contribution in [3.05, 3.63) is 52.1 Å². The number of hydrogen-bond acceptors (Lipinski definition) is 5. The Morgan fingerprint density at radius 1 is 1.46 bits per heavy atom. The zero-order chi connectivity index (χ0) is 18.3. The molecule has 1 aliphatic carbocycles. The number of rotatable bonds is 4. The number of amides is 1. The van der Waals surface area contributed by atoms with Crippen molar-refractivity contribution in [2.24, 2.45) is 7.05 Å². The Balaban J connectivity index is 1.60. The van der Waals surface area contributed by atoms with Crippen LogP contribution >= 0.6 is 11.6 Å². The van der Waals surface area contributed by atoms with Gasteiger partial charge in [-0.2, -0.15) is 10.1 Å². The number of nitrogens with zero attached hydrogens (tertiary/aromatic N) is 4. The number of benzene rings is 1. The summed E-state index contributed by atoms with van der Waals surface area (Å²) in [5.41, 5.74) is 3.43. The lowest BCUT2D eigenvalue weighted by molar-refractivity contribution is 0.0936. The molecule has 4 rings (SSSR count). The molecule has 1 N–H and O–H groups in total. The van der Waals surface area contributed by atoms with Crippen LogP contribution in [0.15, 0.2) is 29.0 Å². The van der Waals surface area contributed by atoms with Crippen molar-refractivity contribution in [3.8, 4) is 11.4 Å². The van der Waals surface area contributed by atoms with Crippen molar-refractivity contribution in [2.45, 2.75) is 32.2 Å². The molecule has 2 aromatic heterocycles. The van der Waals surface area contributed by atoms with E-state index < -0.39 is 0 Å². The van der Waals surface area contributed by atoms with Gasteiger partial charge in [-0.1, -0.05) is 23.7 Å². The number of aryl methyl sites for hydroxylation is 3. The number of carbonyl (C=O) groups excluding carboxylic acids is 1. The van der Waals surface area contributed by atoms with Crippen LogP contribution in [-0.2, 0) is 19.9 Å². The van der Waals surface area contributed by atoms with Crippen LogP contribution in [0.5, 0.6) is 0 Å². The summed E-state index contributed by atoms with van der Waals surface area (Å²) in [7, 11) is 1.78. The van der Waals surface area contributed by atoms with Crippen molar-refractivity contribution in [1.29, 1.82) is 0 Å². The van der Waals surface area contributed by atoms with E-state index in [1.54, 1.807) is 24.1 Å². The molecule has 0 aliphatic heterocycles. The SMILES string of the molecule is CCc1nc(-c2cc(Cl)c3c(c2)CC[C@H]3NC(=O)c2cnn(C)c2)no1. The quantitative estimate of drug-likeness (QED) is 0.761. The second-order valence-corrected chi connectivity index (χ2v) is 6.77. The highest BCUT2D eigenvalue weighted by molar-refractivity contribution is 6.32. The number of carbonyl (C=O) groups is 1. The summed E-state index contributed by atoms with van der Waals surface area (Å²) >= 11 is 6.54. The molecular weight excluding hydrogens is 354 g/mol. The molecule has 26 heavy (non-hydrogen) atoms. The molecule has 1 amide bonds. The summed E-state index contributed by atoms with van der Waals surface area (Å²) in [6.45, 7) is 1.96. The Hall–Kier alpha value is -2.67. The molecule has 134 valence electrons. The number of nitrogens with one attached hydrogen (secondary N) is 1. The second kappa shape index (κ2) is 6.57. The van der Waals surface area contributed by atoms with Crippen LogP contribution in [0.25, 0.3) is 11.4 Å². The maximum absolute atomic E-state index is 12.4. The van der Waals surface area contributed by atoms with Crippen LogP contribution in [0, 0.1) is 0 Å². The lowest BCUT2D eigenvalue weighted by Gasteiger charge is -2.15. The van der Waals surface area contributed by atoms with Crippen molar-refractivity contribution in [3.63, 3.8) is 0 Å². The van der Waals surface area contributed by atoms with E-state index in [0.29, 0.717) is 28.7 Å². The van der Waals surface area contributed by atoms with Gasteiger partial charge in [0.15, 0.2) is 0 Å². The van der Waals surface area contributed by atoms with Crippen LogP contribution in [0.1, 0.15) is 46.8 Å². The molecule has 3 aromatic rings. The number of halogens is 1. The second-order valence-electron chi connectivity index (χ2n) is 6.36. The van der Waals surface area contributed by atoms with Crippen molar-refractivity contribution < 1.29 is 9.32 Å². The van der Waals surface area contributed by atoms with Crippen molar-refractivity contribution in [1.82, 2.24) is 25.2 Å². The van der Waals surface area contributed by atoms with E-state index in [9.17, 15) is 4.79 Å². The largest absolute Gasteiger partial charge is 0.345 e. The molecule has 8 heteroatoms. The molecule has 1 atom stereocenters. The Bertz CT molecular complexity index is 978. The van der Waals surface area contributed by atoms with Gasteiger partial charge in [0.1, 0.15) is 0 Å². The molecule has 0 unspecified atom stereocenters. The number of fused-ring (bicyclic) bond motifs is 1. The third kappa shape index (κ3) is 2.99. The smallest absolute Gasteiger partial charge is 0.254 e. The van der Waals surface area contributed by atoms with Gasteiger partial charge in [0.25, 0.3) is 5.91 Å². The maximum Gasteiger partial charge on any atom is 0.254 e. The molecule has 7 nitrogen and oxygen atoms in total. The first-order valence-electron chi connectivity index (χ1n) is 8.50. The van der Waals surface area contributed by atoms with Gasteiger partial charge >= 0.3 is 0 Å². The first-order valence-corrected chi connectivity index (χ1v) is 8.87. The third-order valence-electron chi connectivity index (χ3n) is 4.57. The molecule has 0 spiro atoms. The minimum Gasteiger partial charge on any atom is -0.345 e. The summed E-state index contributed by atoms with van der Waals surface area (Å²) in [6, 6.07) is 3.75. The standard InChI is InChI=1S/C18H18ClN5O2/c1-3-15-22-17(23-26-15)11-6-10-4-5-14(16(10)13(19)7-11)21-18(25)12-8-20-24(2)9-12/h6-9,14H,3-5H2,1-2H3,(H,21,25)/t14-/m1/s1. The van der Waals surface area contributed by atoms with E-state index in [4.69, 9.17) is 16.1 Å². The average molecular weight is 372 g/mol. The Morgan fingerprint density at radius 3 is 3.00 bits per heavy atom. The predicted octanol–water partition coefficient (Wildman–Crippen LogP) is 3.10. The molecule has 2 heterocycles. The predicted molar refractivity (Wildman–Crippen MR) is 95.9 cm³/mol. The molecule has 0 saturated carbocycles. The van der Waals surface area contributed by atoms with Crippen LogP contribution in [0.4, 0.5) is 0 Å². The first-order chi connectivity index (χ1) is 12.5. The molecule has 0 bridgehead atoms. The van der Waals surface area contributed by atoms with Gasteiger partial charge in [-0.05, 0) is 36.1 Å². The van der Waals surface area contributed by atoms with Crippen molar-refractivity contribution >= 4 is 17.5 Å². The zero-order valence-electron chi connectivity index (χ0n) is 14.5. The summed E-state index contributed by atoms with van der Waals surface area (Å²) in [6.07, 6.45) is 5.57. The third-order valence-corrected chi connectivity index (χ3v) is 4.88. The molecule has 1 aliphatic rings. The fourth-order valence-corrected chi connectivity index (χ4v) is 3.66. The van der Waals surface area contributed by atoms with E-state index in [1.165, 1.54) is 0 Å². The average Bonchev–Trinajstić information content (AvgIpc) is 3.34. The van der Waals surface area contributed by atoms with Crippen LogP contribution < -0.4 is 5.32 Å². The molecule has 0 radical (unpaired) electrons. The Morgan fingerprint density at radius 2 is 2.31 bits per heavy atom. The van der Waals surface area contributed by atoms with E-state index in [-0.39, 0.29) is 11.9 Å². The van der Waals surface area contributed by atoms with Crippen LogP contribution in [0.2, 0.25) is 5.02 Å². The maximum atomic E-state index is 12.4. The fourth-order valence-electron chi connectivity index (χ4n) is 3.29. The minimum absolute atomic E-state index is 0.115. The highest BCUT2D eigenvalue weighted by Crippen LogP contribution is 2.39. The molecule has 0 saturated heterocycles. The summed E-state index contributed by atoms with van der Waals surface area (Å²) in [5, 5.41) is 11.7. The minimum atomic E-state index is -0.151. The summed E-state index contributed by atoms with van der Waals surface area (Å²) < 4.78 is 6.79. The fraction of sp³-hybridized carbons (Fsp3) is 0.333. The van der Waals surface area contributed by atoms with E-state index in [1.807, 2.05) is 19.1 Å². The summed E-state index contributed by atoms with van der Waals surface area (Å²) in [5.74, 6) is 0.981. The van der Waals surface area contributed by atoms with Crippen LogP contribution in [-0.4, -0.2) is 25.8 Å². The van der Waals surface area contributed by atoms with E-state index in [2.05, 4.69) is 20.6 Å². The lowest BCUT2D eigenvalue weighted by Crippen LogP contribution is -2.27. The van der Waals surface area contributed by atoms with Gasteiger partial charge in [-0.25, -0.2) is 0 Å². The van der Waals surface area contributed by atoms with E-state index >= 15 is 0 Å². The van der Waals surface area contributed by atoms with Gasteiger partial charge in [0.05, 0.1) is 17.8 Å². The van der Waals surface area contributed by atoms with Crippen molar-refractivity contribution in [2.75, 3.05) is 0 Å². The topological polar surface area (TPSA) is 85.8 Å². The Kier molecular flexibility index (Phi) is 4.24. The lowest BCUT2D eigenvalue weighted by atomic mass is 10.0. The molecular formula is C18H18ClN5O2. The van der Waals surface area contributed by atoms with Crippen LogP contribution in [0.3, 0.4) is 0 Å². The zero-order valence-corrected chi connectivity index (χ0v) is 15.2. The Labute approximate surface area is 155 Å². The van der Waals surface area contributed by atoms with Gasteiger partial charge in [0.2, 0.25) is 11.7 Å². The number of aromatic nitrogens is 4. The van der Waals surface area contributed by atoms with Gasteiger partial charge in [0, 0.05) is 30.3 Å². The first kappa shape index (κ1) is 16.8. The van der Waals surface area contributed by atoms with Gasteiger partial charge < -0.3 is 9.84 Å². The highest BCUT2D eigenvalue weighted by atomic mass is 35.5. The van der Waals surface area contributed by atoms with E-state index in [0.717, 1.165) is 29.5 Å². The molecule has 1 aromatic carbocycles. The highest BCUT2D eigenvalue weighted by Gasteiger charge is 2.28. The molecule has 0 fully saturated rings. The van der Waals surface area contributed by atoms with Gasteiger partial charge in [-0.3, -0.25) is 9.48 Å². The van der Waals surface area contributed by atoms with Gasteiger partial charge in [-0.15, -0.1) is 0 Å². The monoisotopic (exact) mass is 371 g/mol. The summed E-state index contributed by atoms with van der Waals surface area (Å²) in [4.78, 5) is 16.8. The normalized spacial score (nSPS) is 15.9. The number of hydrogen-bond donors (Lipinski definition) is 1.